The maximum atomic E-state index is 11.5. The van der Waals surface area contributed by atoms with Crippen LogP contribution < -0.4 is 9.31 Å². The summed E-state index contributed by atoms with van der Waals surface area (Å²) in [5.41, 5.74) is 0. The fourth-order valence-corrected chi connectivity index (χ4v) is 3.00. The van der Waals surface area contributed by atoms with Gasteiger partial charge >= 0.3 is 7.69 Å². The summed E-state index contributed by atoms with van der Waals surface area (Å²) in [5, 5.41) is 0. The van der Waals surface area contributed by atoms with E-state index in [9.17, 15) is 16.8 Å². The van der Waals surface area contributed by atoms with E-state index in [4.69, 9.17) is 9.31 Å². The molecule has 0 aromatic heterocycles. The van der Waals surface area contributed by atoms with Crippen LogP contribution in [0.2, 0.25) is 0 Å². The van der Waals surface area contributed by atoms with Crippen LogP contribution in [0, 0.1) is 0 Å². The summed E-state index contributed by atoms with van der Waals surface area (Å²) < 4.78 is 56.3. The zero-order valence-electron chi connectivity index (χ0n) is 12.5. The van der Waals surface area contributed by atoms with Crippen molar-refractivity contribution in [2.24, 2.45) is 0 Å². The quantitative estimate of drug-likeness (QED) is 0.732. The molecule has 2 aromatic rings. The SMILES string of the molecule is CS(=O)(=O)c1cccc(O[B]Oc2cccc(S(C)(=O)=O)c2)c1. The predicted molar refractivity (Wildman–Crippen MR) is 86.1 cm³/mol. The molecule has 23 heavy (non-hydrogen) atoms. The first kappa shape index (κ1) is 17.4. The number of hydrogen-bond donors (Lipinski definition) is 0. The molecular formula is C14H14BO6S2. The van der Waals surface area contributed by atoms with Crippen LogP contribution in [0.4, 0.5) is 0 Å². The Labute approximate surface area is 136 Å². The van der Waals surface area contributed by atoms with Gasteiger partial charge in [0, 0.05) is 12.5 Å². The van der Waals surface area contributed by atoms with Crippen LogP contribution in [0.25, 0.3) is 0 Å². The molecule has 0 atom stereocenters. The highest BCUT2D eigenvalue weighted by atomic mass is 32.2. The van der Waals surface area contributed by atoms with Crippen molar-refractivity contribution in [1.82, 2.24) is 0 Å². The maximum Gasteiger partial charge on any atom is 0.658 e. The largest absolute Gasteiger partial charge is 0.658 e. The van der Waals surface area contributed by atoms with Crippen LogP contribution in [-0.4, -0.2) is 37.0 Å². The Morgan fingerprint density at radius 3 is 1.48 bits per heavy atom. The first-order valence-corrected chi connectivity index (χ1v) is 10.2. The molecule has 0 unspecified atom stereocenters. The first-order valence-electron chi connectivity index (χ1n) is 6.41. The number of rotatable bonds is 6. The standard InChI is InChI=1S/C14H14BO6S2/c1-22(16,17)13-7-3-5-11(9-13)20-15-21-12-6-4-8-14(10-12)23(2,18)19/h3-10H,1-2H3. The van der Waals surface area contributed by atoms with E-state index in [0.717, 1.165) is 20.2 Å². The molecule has 6 nitrogen and oxygen atoms in total. The van der Waals surface area contributed by atoms with E-state index in [1.165, 1.54) is 24.3 Å². The molecule has 0 aliphatic rings. The second-order valence-corrected chi connectivity index (χ2v) is 8.86. The van der Waals surface area contributed by atoms with Crippen LogP contribution in [0.5, 0.6) is 11.5 Å². The predicted octanol–water partition coefficient (Wildman–Crippen LogP) is 1.49. The molecular weight excluding hydrogens is 339 g/mol. The summed E-state index contributed by atoms with van der Waals surface area (Å²) in [6.07, 6.45) is 2.20. The molecule has 0 aliphatic heterocycles. The zero-order chi connectivity index (χ0) is 17.1. The Hall–Kier alpha value is -2.00. The topological polar surface area (TPSA) is 86.7 Å². The van der Waals surface area contributed by atoms with E-state index in [-0.39, 0.29) is 21.3 Å². The summed E-state index contributed by atoms with van der Waals surface area (Å²) in [6.45, 7) is 0. The lowest BCUT2D eigenvalue weighted by Crippen LogP contribution is -2.11. The van der Waals surface area contributed by atoms with Gasteiger partial charge in [-0.25, -0.2) is 16.8 Å². The van der Waals surface area contributed by atoms with Gasteiger partial charge in [-0.05, 0) is 36.4 Å². The Kier molecular flexibility index (Phi) is 5.01. The Bertz CT molecular complexity index is 831. The lowest BCUT2D eigenvalue weighted by molar-refractivity contribution is 0.457. The molecule has 121 valence electrons. The fourth-order valence-electron chi connectivity index (χ4n) is 1.69. The molecule has 2 rings (SSSR count). The minimum Gasteiger partial charge on any atom is -0.526 e. The summed E-state index contributed by atoms with van der Waals surface area (Å²) in [7, 11) is -5.65. The van der Waals surface area contributed by atoms with Crippen molar-refractivity contribution in [3.05, 3.63) is 48.5 Å². The van der Waals surface area contributed by atoms with Crippen LogP contribution in [0.1, 0.15) is 0 Å². The third-order valence-electron chi connectivity index (χ3n) is 2.84. The van der Waals surface area contributed by atoms with E-state index in [0.29, 0.717) is 0 Å². The third-order valence-corrected chi connectivity index (χ3v) is 5.06. The Morgan fingerprint density at radius 2 is 1.13 bits per heavy atom. The molecule has 0 heterocycles. The monoisotopic (exact) mass is 353 g/mol. The van der Waals surface area contributed by atoms with E-state index in [1.807, 2.05) is 0 Å². The number of sulfone groups is 2. The van der Waals surface area contributed by atoms with Gasteiger partial charge in [-0.15, -0.1) is 0 Å². The molecule has 0 fully saturated rings. The maximum absolute atomic E-state index is 11.5. The summed E-state index contributed by atoms with van der Waals surface area (Å²) in [5.74, 6) is 0.569. The van der Waals surface area contributed by atoms with Crippen molar-refractivity contribution in [3.8, 4) is 11.5 Å². The average Bonchev–Trinajstić information content (AvgIpc) is 2.46. The molecule has 1 radical (unpaired) electrons. The molecule has 0 spiro atoms. The van der Waals surface area contributed by atoms with Gasteiger partial charge in [0.25, 0.3) is 0 Å². The van der Waals surface area contributed by atoms with Crippen molar-refractivity contribution in [1.29, 1.82) is 0 Å². The van der Waals surface area contributed by atoms with Gasteiger partial charge in [0.1, 0.15) is 11.5 Å². The highest BCUT2D eigenvalue weighted by molar-refractivity contribution is 7.91. The van der Waals surface area contributed by atoms with E-state index in [2.05, 4.69) is 0 Å². The molecule has 0 amide bonds. The first-order chi connectivity index (χ1) is 10.7. The van der Waals surface area contributed by atoms with Gasteiger partial charge in [0.15, 0.2) is 19.7 Å². The summed E-state index contributed by atoms with van der Waals surface area (Å²) in [4.78, 5) is 0.255. The molecule has 0 saturated carbocycles. The van der Waals surface area contributed by atoms with Crippen molar-refractivity contribution in [2.75, 3.05) is 12.5 Å². The lowest BCUT2D eigenvalue weighted by atomic mass is 10.3. The van der Waals surface area contributed by atoms with Crippen molar-refractivity contribution >= 4 is 27.4 Å². The molecule has 0 N–H and O–H groups in total. The Balaban J connectivity index is 2.03. The van der Waals surface area contributed by atoms with Crippen LogP contribution in [0.15, 0.2) is 58.3 Å². The second-order valence-electron chi connectivity index (χ2n) is 4.83. The van der Waals surface area contributed by atoms with E-state index in [1.54, 1.807) is 24.3 Å². The van der Waals surface area contributed by atoms with E-state index >= 15 is 0 Å². The summed E-state index contributed by atoms with van der Waals surface area (Å²) >= 11 is 0. The fraction of sp³-hybridized carbons (Fsp3) is 0.143. The second kappa shape index (κ2) is 6.63. The number of hydrogen-bond acceptors (Lipinski definition) is 6. The van der Waals surface area contributed by atoms with Crippen LogP contribution >= 0.6 is 0 Å². The minimum atomic E-state index is -3.33. The van der Waals surface area contributed by atoms with Crippen molar-refractivity contribution in [2.45, 2.75) is 9.79 Å². The molecule has 0 saturated heterocycles. The van der Waals surface area contributed by atoms with Gasteiger partial charge in [-0.2, -0.15) is 0 Å². The highest BCUT2D eigenvalue weighted by Gasteiger charge is 2.11. The number of benzene rings is 2. The Morgan fingerprint density at radius 1 is 0.739 bits per heavy atom. The lowest BCUT2D eigenvalue weighted by Gasteiger charge is -2.08. The molecule has 0 bridgehead atoms. The smallest absolute Gasteiger partial charge is 0.526 e. The zero-order valence-corrected chi connectivity index (χ0v) is 14.1. The van der Waals surface area contributed by atoms with Crippen LogP contribution in [0.3, 0.4) is 0 Å². The normalized spacial score (nSPS) is 11.7. The van der Waals surface area contributed by atoms with E-state index < -0.39 is 19.7 Å². The van der Waals surface area contributed by atoms with Gasteiger partial charge in [0.2, 0.25) is 0 Å². The highest BCUT2D eigenvalue weighted by Crippen LogP contribution is 2.19. The molecule has 0 aliphatic carbocycles. The molecule has 2 aromatic carbocycles. The van der Waals surface area contributed by atoms with Crippen molar-refractivity contribution in [3.63, 3.8) is 0 Å². The van der Waals surface area contributed by atoms with Gasteiger partial charge < -0.3 is 9.31 Å². The van der Waals surface area contributed by atoms with Crippen molar-refractivity contribution < 1.29 is 26.1 Å². The molecule has 9 heteroatoms. The third kappa shape index (κ3) is 5.00. The average molecular weight is 353 g/mol. The summed E-state index contributed by atoms with van der Waals surface area (Å²) in [6, 6.07) is 11.9. The van der Waals surface area contributed by atoms with Crippen LogP contribution in [-0.2, 0) is 19.7 Å². The van der Waals surface area contributed by atoms with Gasteiger partial charge in [-0.1, -0.05) is 12.1 Å². The van der Waals surface area contributed by atoms with Gasteiger partial charge in [0.05, 0.1) is 9.79 Å². The minimum absolute atomic E-state index is 0.127. The van der Waals surface area contributed by atoms with Gasteiger partial charge in [-0.3, -0.25) is 0 Å².